The number of hydrogen-bond acceptors (Lipinski definition) is 6. The Morgan fingerprint density at radius 3 is 2.95 bits per heavy atom. The minimum Gasteiger partial charge on any atom is -0.467 e. The van der Waals surface area contributed by atoms with Crippen LogP contribution in [0.25, 0.3) is 0 Å². The molecular formula is C12H16N4O3. The normalized spacial score (nSPS) is 23.1. The molecule has 2 aliphatic rings. The van der Waals surface area contributed by atoms with E-state index < -0.39 is 0 Å². The highest BCUT2D eigenvalue weighted by Gasteiger charge is 2.37. The van der Waals surface area contributed by atoms with Crippen molar-refractivity contribution in [3.8, 4) is 6.01 Å². The van der Waals surface area contributed by atoms with Crippen LogP contribution in [0.3, 0.4) is 0 Å². The topological polar surface area (TPSA) is 67.8 Å². The molecule has 3 heterocycles. The molecule has 1 atom stereocenters. The zero-order chi connectivity index (χ0) is 13.2. The Morgan fingerprint density at radius 2 is 2.21 bits per heavy atom. The number of piperazine rings is 1. The zero-order valence-electron chi connectivity index (χ0n) is 10.8. The number of carbonyl (C=O) groups is 1. The van der Waals surface area contributed by atoms with Gasteiger partial charge in [0.15, 0.2) is 0 Å². The monoisotopic (exact) mass is 264 g/mol. The van der Waals surface area contributed by atoms with E-state index in [-0.39, 0.29) is 12.1 Å². The van der Waals surface area contributed by atoms with Crippen LogP contribution in [0.2, 0.25) is 0 Å². The Labute approximate surface area is 111 Å². The third-order valence-corrected chi connectivity index (χ3v) is 3.47. The summed E-state index contributed by atoms with van der Waals surface area (Å²) in [6.07, 6.45) is 3.36. The summed E-state index contributed by atoms with van der Waals surface area (Å²) in [5.74, 6) is 0. The van der Waals surface area contributed by atoms with E-state index in [1.807, 2.05) is 0 Å². The lowest BCUT2D eigenvalue weighted by molar-refractivity contribution is 0.115. The average molecular weight is 264 g/mol. The molecule has 0 radical (unpaired) electrons. The molecule has 0 saturated carbocycles. The Hall–Kier alpha value is -1.89. The van der Waals surface area contributed by atoms with Crippen molar-refractivity contribution in [2.75, 3.05) is 33.4 Å². The fraction of sp³-hybridized carbons (Fsp3) is 0.583. The van der Waals surface area contributed by atoms with E-state index in [1.165, 1.54) is 0 Å². The van der Waals surface area contributed by atoms with Gasteiger partial charge in [0.2, 0.25) is 0 Å². The molecule has 0 aromatic carbocycles. The fourth-order valence-electron chi connectivity index (χ4n) is 2.48. The molecule has 2 fully saturated rings. The second-order valence-corrected chi connectivity index (χ2v) is 4.74. The minimum atomic E-state index is -0.183. The number of amides is 1. The quantitative estimate of drug-likeness (QED) is 0.772. The van der Waals surface area contributed by atoms with Gasteiger partial charge >= 0.3 is 12.1 Å². The van der Waals surface area contributed by atoms with E-state index >= 15 is 0 Å². The minimum absolute atomic E-state index is 0.181. The summed E-state index contributed by atoms with van der Waals surface area (Å²) >= 11 is 0. The molecule has 1 amide bonds. The van der Waals surface area contributed by atoms with Crippen molar-refractivity contribution in [1.29, 1.82) is 0 Å². The summed E-state index contributed by atoms with van der Waals surface area (Å²) < 4.78 is 9.98. The van der Waals surface area contributed by atoms with Crippen LogP contribution < -0.4 is 4.74 Å². The number of nitrogens with zero attached hydrogens (tertiary/aromatic N) is 4. The number of aromatic nitrogens is 2. The number of fused-ring (bicyclic) bond motifs is 1. The van der Waals surface area contributed by atoms with Crippen LogP contribution in [0.15, 0.2) is 12.4 Å². The molecule has 0 N–H and O–H groups in total. The van der Waals surface area contributed by atoms with Gasteiger partial charge in [0.1, 0.15) is 6.61 Å². The van der Waals surface area contributed by atoms with Crippen molar-refractivity contribution >= 4 is 6.09 Å². The maximum atomic E-state index is 11.4. The van der Waals surface area contributed by atoms with Crippen LogP contribution in [-0.4, -0.2) is 65.3 Å². The van der Waals surface area contributed by atoms with Crippen LogP contribution in [0.4, 0.5) is 4.79 Å². The summed E-state index contributed by atoms with van der Waals surface area (Å²) in [4.78, 5) is 23.7. The second-order valence-electron chi connectivity index (χ2n) is 4.74. The van der Waals surface area contributed by atoms with Crippen LogP contribution in [0, 0.1) is 0 Å². The number of cyclic esters (lactones) is 1. The van der Waals surface area contributed by atoms with Crippen molar-refractivity contribution in [2.24, 2.45) is 0 Å². The maximum Gasteiger partial charge on any atom is 0.410 e. The van der Waals surface area contributed by atoms with E-state index in [4.69, 9.17) is 9.47 Å². The number of methoxy groups -OCH3 is 1. The highest BCUT2D eigenvalue weighted by Crippen LogP contribution is 2.19. The molecule has 0 bridgehead atoms. The average Bonchev–Trinajstić information content (AvgIpc) is 2.81. The van der Waals surface area contributed by atoms with Gasteiger partial charge in [-0.3, -0.25) is 9.80 Å². The van der Waals surface area contributed by atoms with Crippen LogP contribution in [0.5, 0.6) is 6.01 Å². The molecule has 102 valence electrons. The Bertz CT molecular complexity index is 465. The van der Waals surface area contributed by atoms with Crippen LogP contribution in [-0.2, 0) is 11.3 Å². The first kappa shape index (κ1) is 12.2. The molecule has 0 aliphatic carbocycles. The molecule has 1 unspecified atom stereocenters. The Kier molecular flexibility index (Phi) is 3.20. The predicted octanol–water partition coefficient (Wildman–Crippen LogP) is 0.122. The van der Waals surface area contributed by atoms with Crippen molar-refractivity contribution in [3.63, 3.8) is 0 Å². The Morgan fingerprint density at radius 1 is 1.42 bits per heavy atom. The number of carbonyl (C=O) groups excluding carboxylic acids is 1. The molecule has 7 nitrogen and oxygen atoms in total. The SMILES string of the molecule is COc1ncc(CN2CCN3C(=O)OCC3C2)cn1. The largest absolute Gasteiger partial charge is 0.467 e. The van der Waals surface area contributed by atoms with E-state index in [9.17, 15) is 4.79 Å². The van der Waals surface area contributed by atoms with Gasteiger partial charge in [0.25, 0.3) is 0 Å². The second kappa shape index (κ2) is 5.00. The van der Waals surface area contributed by atoms with Gasteiger partial charge < -0.3 is 9.47 Å². The highest BCUT2D eigenvalue weighted by atomic mass is 16.6. The molecule has 2 saturated heterocycles. The first-order valence-electron chi connectivity index (χ1n) is 6.27. The first-order valence-corrected chi connectivity index (χ1v) is 6.27. The lowest BCUT2D eigenvalue weighted by Crippen LogP contribution is -2.51. The third-order valence-electron chi connectivity index (χ3n) is 3.47. The van der Waals surface area contributed by atoms with Crippen molar-refractivity contribution in [2.45, 2.75) is 12.6 Å². The van der Waals surface area contributed by atoms with E-state index in [0.29, 0.717) is 12.6 Å². The number of rotatable bonds is 3. The van der Waals surface area contributed by atoms with E-state index in [2.05, 4.69) is 14.9 Å². The smallest absolute Gasteiger partial charge is 0.410 e. The summed E-state index contributed by atoms with van der Waals surface area (Å²) in [5, 5.41) is 0. The zero-order valence-corrected chi connectivity index (χ0v) is 10.8. The van der Waals surface area contributed by atoms with Gasteiger partial charge in [-0.25, -0.2) is 14.8 Å². The van der Waals surface area contributed by atoms with Gasteiger partial charge in [-0.1, -0.05) is 0 Å². The lowest BCUT2D eigenvalue weighted by Gasteiger charge is -2.35. The van der Waals surface area contributed by atoms with Gasteiger partial charge in [-0.15, -0.1) is 0 Å². The van der Waals surface area contributed by atoms with Gasteiger partial charge in [-0.05, 0) is 0 Å². The standard InChI is InChI=1S/C12H16N4O3/c1-18-11-13-4-9(5-14-11)6-15-2-3-16-10(7-15)8-19-12(16)17/h4-5,10H,2-3,6-8H2,1H3. The van der Waals surface area contributed by atoms with Crippen LogP contribution >= 0.6 is 0 Å². The predicted molar refractivity (Wildman–Crippen MR) is 65.7 cm³/mol. The summed E-state index contributed by atoms with van der Waals surface area (Å²) in [6.45, 7) is 3.67. The van der Waals surface area contributed by atoms with Gasteiger partial charge in [0.05, 0.1) is 13.2 Å². The van der Waals surface area contributed by atoms with E-state index in [0.717, 1.165) is 31.7 Å². The highest BCUT2D eigenvalue weighted by molar-refractivity contribution is 5.70. The Balaban J connectivity index is 1.60. The molecule has 7 heteroatoms. The van der Waals surface area contributed by atoms with Crippen molar-refractivity contribution < 1.29 is 14.3 Å². The van der Waals surface area contributed by atoms with Gasteiger partial charge in [-0.2, -0.15) is 0 Å². The number of hydrogen-bond donors (Lipinski definition) is 0. The fourth-order valence-corrected chi connectivity index (χ4v) is 2.48. The molecule has 2 aliphatic heterocycles. The van der Waals surface area contributed by atoms with E-state index in [1.54, 1.807) is 24.4 Å². The third kappa shape index (κ3) is 2.46. The molecule has 1 aromatic rings. The molecular weight excluding hydrogens is 248 g/mol. The van der Waals surface area contributed by atoms with Crippen molar-refractivity contribution in [3.05, 3.63) is 18.0 Å². The summed E-state index contributed by atoms with van der Waals surface area (Å²) in [7, 11) is 1.55. The molecule has 19 heavy (non-hydrogen) atoms. The van der Waals surface area contributed by atoms with Crippen molar-refractivity contribution in [1.82, 2.24) is 19.8 Å². The summed E-state index contributed by atoms with van der Waals surface area (Å²) in [6, 6.07) is 0.559. The molecule has 0 spiro atoms. The lowest BCUT2D eigenvalue weighted by atomic mass is 10.2. The van der Waals surface area contributed by atoms with Gasteiger partial charge in [0, 0.05) is 44.1 Å². The van der Waals surface area contributed by atoms with Crippen LogP contribution in [0.1, 0.15) is 5.56 Å². The molecule has 1 aromatic heterocycles. The summed E-state index contributed by atoms with van der Waals surface area (Å²) in [5.41, 5.74) is 1.04. The molecule has 3 rings (SSSR count). The number of ether oxygens (including phenoxy) is 2. The maximum absolute atomic E-state index is 11.4. The first-order chi connectivity index (χ1) is 9.26.